The summed E-state index contributed by atoms with van der Waals surface area (Å²) in [6, 6.07) is 1.54. The zero-order valence-electron chi connectivity index (χ0n) is 13.7. The van der Waals surface area contributed by atoms with Crippen molar-refractivity contribution in [2.45, 2.75) is 44.1 Å². The van der Waals surface area contributed by atoms with Crippen molar-refractivity contribution in [3.8, 4) is 0 Å². The van der Waals surface area contributed by atoms with Crippen LogP contribution in [0.5, 0.6) is 0 Å². The van der Waals surface area contributed by atoms with Crippen molar-refractivity contribution >= 4 is 5.82 Å². The SMILES string of the molecule is COCc1nc(N2CCCC(c3noc(C4CC4)n3)C2)cc(=O)[nH]1. The van der Waals surface area contributed by atoms with Crippen molar-refractivity contribution in [1.82, 2.24) is 20.1 Å². The van der Waals surface area contributed by atoms with Crippen LogP contribution in [0.1, 0.15) is 55.1 Å². The number of aromatic nitrogens is 4. The molecule has 0 aromatic carbocycles. The number of H-pyrrole nitrogens is 1. The Hall–Kier alpha value is -2.22. The van der Waals surface area contributed by atoms with Crippen LogP contribution in [0.25, 0.3) is 0 Å². The van der Waals surface area contributed by atoms with Crippen molar-refractivity contribution in [2.24, 2.45) is 0 Å². The molecule has 1 aliphatic heterocycles. The van der Waals surface area contributed by atoms with E-state index in [2.05, 4.69) is 25.0 Å². The predicted octanol–water partition coefficient (Wildman–Crippen LogP) is 1.56. The van der Waals surface area contributed by atoms with Gasteiger partial charge in [0.15, 0.2) is 5.82 Å². The van der Waals surface area contributed by atoms with E-state index in [4.69, 9.17) is 9.26 Å². The molecule has 8 heteroatoms. The van der Waals surface area contributed by atoms with Gasteiger partial charge in [-0.05, 0) is 25.7 Å². The van der Waals surface area contributed by atoms with E-state index < -0.39 is 0 Å². The highest BCUT2D eigenvalue weighted by atomic mass is 16.5. The Kier molecular flexibility index (Phi) is 4.05. The first-order chi connectivity index (χ1) is 11.7. The second-order valence-electron chi connectivity index (χ2n) is 6.53. The summed E-state index contributed by atoms with van der Waals surface area (Å²) >= 11 is 0. The van der Waals surface area contributed by atoms with Crippen LogP contribution in [0.2, 0.25) is 0 Å². The van der Waals surface area contributed by atoms with Gasteiger partial charge >= 0.3 is 0 Å². The van der Waals surface area contributed by atoms with E-state index in [-0.39, 0.29) is 18.1 Å². The molecule has 1 saturated heterocycles. The highest BCUT2D eigenvalue weighted by Gasteiger charge is 2.32. The lowest BCUT2D eigenvalue weighted by Crippen LogP contribution is -2.36. The molecule has 0 spiro atoms. The summed E-state index contributed by atoms with van der Waals surface area (Å²) < 4.78 is 10.4. The number of hydrogen-bond donors (Lipinski definition) is 1. The lowest BCUT2D eigenvalue weighted by molar-refractivity contribution is 0.177. The van der Waals surface area contributed by atoms with Gasteiger partial charge in [0, 0.05) is 38.1 Å². The fourth-order valence-corrected chi connectivity index (χ4v) is 3.17. The molecule has 1 N–H and O–H groups in total. The molecule has 8 nitrogen and oxygen atoms in total. The largest absolute Gasteiger partial charge is 0.377 e. The summed E-state index contributed by atoms with van der Waals surface area (Å²) in [5.74, 6) is 3.46. The van der Waals surface area contributed by atoms with Crippen molar-refractivity contribution in [2.75, 3.05) is 25.1 Å². The Morgan fingerprint density at radius 3 is 3.00 bits per heavy atom. The summed E-state index contributed by atoms with van der Waals surface area (Å²) in [7, 11) is 1.58. The minimum Gasteiger partial charge on any atom is -0.377 e. The molecule has 24 heavy (non-hydrogen) atoms. The first kappa shape index (κ1) is 15.3. The summed E-state index contributed by atoms with van der Waals surface area (Å²) in [6.45, 7) is 1.90. The van der Waals surface area contributed by atoms with E-state index in [0.717, 1.165) is 50.5 Å². The number of methoxy groups -OCH3 is 1. The fourth-order valence-electron chi connectivity index (χ4n) is 3.17. The van der Waals surface area contributed by atoms with Crippen molar-refractivity contribution in [3.05, 3.63) is 34.0 Å². The summed E-state index contributed by atoms with van der Waals surface area (Å²) in [5, 5.41) is 4.17. The topological polar surface area (TPSA) is 97.1 Å². The molecular weight excluding hydrogens is 310 g/mol. The molecule has 0 radical (unpaired) electrons. The van der Waals surface area contributed by atoms with Gasteiger partial charge in [0.25, 0.3) is 5.56 Å². The highest BCUT2D eigenvalue weighted by Crippen LogP contribution is 2.39. The summed E-state index contributed by atoms with van der Waals surface area (Å²) in [4.78, 5) is 25.7. The third-order valence-corrected chi connectivity index (χ3v) is 4.55. The third-order valence-electron chi connectivity index (χ3n) is 4.55. The van der Waals surface area contributed by atoms with Crippen molar-refractivity contribution in [1.29, 1.82) is 0 Å². The standard InChI is InChI=1S/C16H21N5O3/c1-23-9-12-17-13(7-14(22)18-12)21-6-2-3-11(8-21)15-19-16(24-20-15)10-4-5-10/h7,10-11H,2-6,8-9H2,1H3,(H,17,18,22). The highest BCUT2D eigenvalue weighted by molar-refractivity contribution is 5.38. The summed E-state index contributed by atoms with van der Waals surface area (Å²) in [5.41, 5.74) is -0.162. The number of rotatable bonds is 5. The molecule has 128 valence electrons. The second kappa shape index (κ2) is 6.35. The smallest absolute Gasteiger partial charge is 0.253 e. The maximum absolute atomic E-state index is 11.8. The molecule has 1 unspecified atom stereocenters. The fraction of sp³-hybridized carbons (Fsp3) is 0.625. The van der Waals surface area contributed by atoms with Crippen LogP contribution in [0.15, 0.2) is 15.4 Å². The van der Waals surface area contributed by atoms with Crippen LogP contribution < -0.4 is 10.5 Å². The van der Waals surface area contributed by atoms with Gasteiger partial charge < -0.3 is 19.1 Å². The van der Waals surface area contributed by atoms with Gasteiger partial charge in [-0.15, -0.1) is 0 Å². The quantitative estimate of drug-likeness (QED) is 0.888. The third kappa shape index (κ3) is 3.19. The minimum atomic E-state index is -0.162. The van der Waals surface area contributed by atoms with E-state index in [1.54, 1.807) is 7.11 Å². The maximum Gasteiger partial charge on any atom is 0.253 e. The number of piperidine rings is 1. The van der Waals surface area contributed by atoms with E-state index in [0.29, 0.717) is 17.6 Å². The molecule has 2 aromatic heterocycles. The van der Waals surface area contributed by atoms with Crippen LogP contribution in [0.4, 0.5) is 5.82 Å². The average Bonchev–Trinajstić information content (AvgIpc) is 3.32. The molecule has 4 rings (SSSR count). The van der Waals surface area contributed by atoms with Gasteiger partial charge in [-0.1, -0.05) is 5.16 Å². The zero-order chi connectivity index (χ0) is 16.5. The molecule has 1 atom stereocenters. The predicted molar refractivity (Wildman–Crippen MR) is 86.0 cm³/mol. The van der Waals surface area contributed by atoms with Gasteiger partial charge in [-0.25, -0.2) is 4.98 Å². The monoisotopic (exact) mass is 331 g/mol. The first-order valence-electron chi connectivity index (χ1n) is 8.40. The first-order valence-corrected chi connectivity index (χ1v) is 8.40. The number of nitrogens with one attached hydrogen (secondary N) is 1. The van der Waals surface area contributed by atoms with E-state index >= 15 is 0 Å². The van der Waals surface area contributed by atoms with Crippen molar-refractivity contribution in [3.63, 3.8) is 0 Å². The van der Waals surface area contributed by atoms with Crippen LogP contribution in [0, 0.1) is 0 Å². The number of aromatic amines is 1. The van der Waals surface area contributed by atoms with Crippen LogP contribution in [-0.2, 0) is 11.3 Å². The maximum atomic E-state index is 11.8. The Balaban J connectivity index is 1.52. The Labute approximate surface area is 139 Å². The van der Waals surface area contributed by atoms with Gasteiger partial charge in [0.1, 0.15) is 18.2 Å². The van der Waals surface area contributed by atoms with Gasteiger partial charge in [-0.2, -0.15) is 4.98 Å². The van der Waals surface area contributed by atoms with Gasteiger partial charge in [0.2, 0.25) is 5.89 Å². The second-order valence-corrected chi connectivity index (χ2v) is 6.53. The van der Waals surface area contributed by atoms with E-state index in [1.165, 1.54) is 6.07 Å². The average molecular weight is 331 g/mol. The summed E-state index contributed by atoms with van der Waals surface area (Å²) in [6.07, 6.45) is 4.33. The van der Waals surface area contributed by atoms with E-state index in [1.807, 2.05) is 0 Å². The molecule has 3 heterocycles. The Morgan fingerprint density at radius 1 is 1.33 bits per heavy atom. The lowest BCUT2D eigenvalue weighted by Gasteiger charge is -2.32. The molecule has 2 fully saturated rings. The normalized spacial score (nSPS) is 21.2. The Morgan fingerprint density at radius 2 is 2.21 bits per heavy atom. The Bertz CT molecular complexity index is 767. The van der Waals surface area contributed by atoms with Crippen LogP contribution >= 0.6 is 0 Å². The zero-order valence-corrected chi connectivity index (χ0v) is 13.7. The van der Waals surface area contributed by atoms with Gasteiger partial charge in [0.05, 0.1) is 0 Å². The number of anilines is 1. The number of hydrogen-bond acceptors (Lipinski definition) is 7. The van der Waals surface area contributed by atoms with Crippen molar-refractivity contribution < 1.29 is 9.26 Å². The molecular formula is C16H21N5O3. The van der Waals surface area contributed by atoms with Crippen LogP contribution in [-0.4, -0.2) is 40.3 Å². The molecule has 0 amide bonds. The molecule has 2 aromatic rings. The molecule has 1 saturated carbocycles. The lowest BCUT2D eigenvalue weighted by atomic mass is 9.97. The van der Waals surface area contributed by atoms with Gasteiger partial charge in [-0.3, -0.25) is 4.79 Å². The van der Waals surface area contributed by atoms with Crippen LogP contribution in [0.3, 0.4) is 0 Å². The molecule has 1 aliphatic carbocycles. The molecule has 2 aliphatic rings. The number of ether oxygens (including phenoxy) is 1. The molecule has 0 bridgehead atoms. The minimum absolute atomic E-state index is 0.162. The number of nitrogens with zero attached hydrogens (tertiary/aromatic N) is 4. The van der Waals surface area contributed by atoms with E-state index in [9.17, 15) is 4.79 Å².